The maximum atomic E-state index is 9.25. The summed E-state index contributed by atoms with van der Waals surface area (Å²) in [6.07, 6.45) is 1.49. The fourth-order valence-electron chi connectivity index (χ4n) is 0.607. The van der Waals surface area contributed by atoms with E-state index in [1.165, 1.54) is 0 Å². The Morgan fingerprint density at radius 3 is 1.79 bits per heavy atom. The highest BCUT2D eigenvalue weighted by molar-refractivity contribution is 5.78. The largest absolute Gasteiger partial charge is 0.478 e. The number of aliphatic hydroxyl groups excluding tert-OH is 2. The molecule has 0 amide bonds. The molecule has 0 unspecified atom stereocenters. The summed E-state index contributed by atoms with van der Waals surface area (Å²) in [5.74, 6) is -0.981. The van der Waals surface area contributed by atoms with E-state index in [1.807, 2.05) is 0 Å². The summed E-state index contributed by atoms with van der Waals surface area (Å²) < 4.78 is 0. The number of aliphatic hydroxyl groups is 3. The van der Waals surface area contributed by atoms with E-state index in [9.17, 15) is 9.90 Å². The second-order valence-corrected chi connectivity index (χ2v) is 2.99. The Labute approximate surface area is 83.3 Å². The van der Waals surface area contributed by atoms with Gasteiger partial charge in [0.05, 0.1) is 5.60 Å². The third-order valence-corrected chi connectivity index (χ3v) is 1.48. The van der Waals surface area contributed by atoms with Gasteiger partial charge in [-0.25, -0.2) is 4.79 Å². The molecule has 84 valence electrons. The lowest BCUT2D eigenvalue weighted by molar-refractivity contribution is -0.131. The zero-order valence-corrected chi connectivity index (χ0v) is 8.31. The normalized spacial score (nSPS) is 10.0. The van der Waals surface area contributed by atoms with Crippen molar-refractivity contribution in [1.29, 1.82) is 0 Å². The fraction of sp³-hybridized carbons (Fsp3) is 0.667. The number of rotatable bonds is 5. The van der Waals surface area contributed by atoms with E-state index in [2.05, 4.69) is 6.58 Å². The van der Waals surface area contributed by atoms with Gasteiger partial charge in [0, 0.05) is 19.3 Å². The smallest absolute Gasteiger partial charge is 0.327 e. The Kier molecular flexibility index (Phi) is 9.64. The molecule has 5 nitrogen and oxygen atoms in total. The van der Waals surface area contributed by atoms with E-state index < -0.39 is 11.6 Å². The van der Waals surface area contributed by atoms with Gasteiger partial charge in [-0.3, -0.25) is 0 Å². The SMILES string of the molecule is C=CC(=O)O.CC(O)(CCO)CCO. The van der Waals surface area contributed by atoms with Crippen molar-refractivity contribution >= 4 is 5.97 Å². The van der Waals surface area contributed by atoms with Crippen molar-refractivity contribution in [2.45, 2.75) is 25.4 Å². The molecule has 5 heteroatoms. The average molecular weight is 206 g/mol. The molecule has 14 heavy (non-hydrogen) atoms. The van der Waals surface area contributed by atoms with Crippen molar-refractivity contribution in [3.63, 3.8) is 0 Å². The summed E-state index contributed by atoms with van der Waals surface area (Å²) in [7, 11) is 0. The van der Waals surface area contributed by atoms with Gasteiger partial charge in [-0.15, -0.1) is 0 Å². The van der Waals surface area contributed by atoms with Crippen LogP contribution in [-0.2, 0) is 4.79 Å². The van der Waals surface area contributed by atoms with Crippen LogP contribution in [-0.4, -0.2) is 45.2 Å². The third kappa shape index (κ3) is 13.7. The van der Waals surface area contributed by atoms with Crippen molar-refractivity contribution in [3.8, 4) is 0 Å². The summed E-state index contributed by atoms with van der Waals surface area (Å²) in [5, 5.41) is 33.6. The van der Waals surface area contributed by atoms with Crippen LogP contribution in [0.3, 0.4) is 0 Å². The molecular weight excluding hydrogens is 188 g/mol. The molecule has 0 aromatic heterocycles. The minimum Gasteiger partial charge on any atom is -0.478 e. The molecule has 0 spiro atoms. The summed E-state index contributed by atoms with van der Waals surface area (Å²) >= 11 is 0. The standard InChI is InChI=1S/C6H14O3.C3H4O2/c1-6(9,2-4-7)3-5-8;1-2-3(4)5/h7-9H,2-5H2,1H3;2H,1H2,(H,4,5). The lowest BCUT2D eigenvalue weighted by atomic mass is 10.00. The van der Waals surface area contributed by atoms with Crippen LogP contribution in [0.5, 0.6) is 0 Å². The Morgan fingerprint density at radius 2 is 1.64 bits per heavy atom. The van der Waals surface area contributed by atoms with Crippen LogP contribution in [0.4, 0.5) is 0 Å². The van der Waals surface area contributed by atoms with Gasteiger partial charge in [0.1, 0.15) is 0 Å². The zero-order chi connectivity index (χ0) is 11.6. The van der Waals surface area contributed by atoms with Crippen molar-refractivity contribution < 1.29 is 25.2 Å². The van der Waals surface area contributed by atoms with Crippen molar-refractivity contribution in [2.24, 2.45) is 0 Å². The van der Waals surface area contributed by atoms with Crippen molar-refractivity contribution in [1.82, 2.24) is 0 Å². The van der Waals surface area contributed by atoms with Crippen LogP contribution in [0.25, 0.3) is 0 Å². The van der Waals surface area contributed by atoms with Gasteiger partial charge in [-0.05, 0) is 19.8 Å². The minimum atomic E-state index is -0.981. The molecule has 0 aromatic rings. The monoisotopic (exact) mass is 206 g/mol. The van der Waals surface area contributed by atoms with E-state index >= 15 is 0 Å². The lowest BCUT2D eigenvalue weighted by Gasteiger charge is -2.20. The molecule has 0 saturated heterocycles. The predicted octanol–water partition coefficient (Wildman–Crippen LogP) is -0.241. The Bertz CT molecular complexity index is 157. The molecule has 0 bridgehead atoms. The maximum absolute atomic E-state index is 9.25. The molecule has 0 radical (unpaired) electrons. The third-order valence-electron chi connectivity index (χ3n) is 1.48. The lowest BCUT2D eigenvalue weighted by Crippen LogP contribution is -2.26. The average Bonchev–Trinajstić information content (AvgIpc) is 2.05. The van der Waals surface area contributed by atoms with Gasteiger partial charge in [-0.1, -0.05) is 6.58 Å². The van der Waals surface area contributed by atoms with Gasteiger partial charge in [0.25, 0.3) is 0 Å². The second-order valence-electron chi connectivity index (χ2n) is 2.99. The highest BCUT2D eigenvalue weighted by Gasteiger charge is 2.17. The van der Waals surface area contributed by atoms with E-state index in [0.717, 1.165) is 6.08 Å². The summed E-state index contributed by atoms with van der Waals surface area (Å²) in [4.78, 5) is 9.25. The van der Waals surface area contributed by atoms with Gasteiger partial charge >= 0.3 is 5.97 Å². The van der Waals surface area contributed by atoms with Crippen LogP contribution in [0.1, 0.15) is 19.8 Å². The summed E-state index contributed by atoms with van der Waals surface area (Å²) in [5.41, 5.74) is -0.899. The Hall–Kier alpha value is -0.910. The fourth-order valence-corrected chi connectivity index (χ4v) is 0.607. The molecule has 0 aliphatic rings. The zero-order valence-electron chi connectivity index (χ0n) is 8.31. The first-order chi connectivity index (χ1) is 6.39. The van der Waals surface area contributed by atoms with Crippen LogP contribution >= 0.6 is 0 Å². The molecule has 0 aromatic carbocycles. The molecule has 0 aliphatic heterocycles. The first-order valence-corrected chi connectivity index (χ1v) is 4.19. The Balaban J connectivity index is 0. The molecule has 0 heterocycles. The van der Waals surface area contributed by atoms with E-state index in [1.54, 1.807) is 6.92 Å². The summed E-state index contributed by atoms with van der Waals surface area (Å²) in [6.45, 7) is 4.49. The topological polar surface area (TPSA) is 98.0 Å². The molecule has 4 N–H and O–H groups in total. The number of carboxylic acid groups (broad SMARTS) is 1. The maximum Gasteiger partial charge on any atom is 0.327 e. The number of carboxylic acids is 1. The number of aliphatic carboxylic acids is 1. The van der Waals surface area contributed by atoms with Crippen molar-refractivity contribution in [3.05, 3.63) is 12.7 Å². The van der Waals surface area contributed by atoms with Gasteiger partial charge < -0.3 is 20.4 Å². The van der Waals surface area contributed by atoms with Crippen LogP contribution in [0.15, 0.2) is 12.7 Å². The van der Waals surface area contributed by atoms with Gasteiger partial charge in [0.2, 0.25) is 0 Å². The van der Waals surface area contributed by atoms with Gasteiger partial charge in [0.15, 0.2) is 0 Å². The molecule has 0 fully saturated rings. The summed E-state index contributed by atoms with van der Waals surface area (Å²) in [6, 6.07) is 0. The molecule has 0 aliphatic carbocycles. The second kappa shape index (κ2) is 8.68. The number of hydrogen-bond acceptors (Lipinski definition) is 4. The quantitative estimate of drug-likeness (QED) is 0.465. The van der Waals surface area contributed by atoms with E-state index in [4.69, 9.17) is 15.3 Å². The van der Waals surface area contributed by atoms with Gasteiger partial charge in [-0.2, -0.15) is 0 Å². The van der Waals surface area contributed by atoms with Crippen LogP contribution < -0.4 is 0 Å². The number of hydrogen-bond donors (Lipinski definition) is 4. The first kappa shape index (κ1) is 15.6. The molecule has 0 saturated carbocycles. The van der Waals surface area contributed by atoms with E-state index in [0.29, 0.717) is 12.8 Å². The van der Waals surface area contributed by atoms with Crippen LogP contribution in [0, 0.1) is 0 Å². The van der Waals surface area contributed by atoms with Crippen LogP contribution in [0.2, 0.25) is 0 Å². The predicted molar refractivity (Wildman–Crippen MR) is 51.9 cm³/mol. The first-order valence-electron chi connectivity index (χ1n) is 4.19. The molecule has 0 atom stereocenters. The molecular formula is C9H18O5. The minimum absolute atomic E-state index is 0.0347. The highest BCUT2D eigenvalue weighted by atomic mass is 16.4. The highest BCUT2D eigenvalue weighted by Crippen LogP contribution is 2.11. The molecule has 0 rings (SSSR count). The number of carbonyl (C=O) groups is 1. The van der Waals surface area contributed by atoms with Crippen molar-refractivity contribution in [2.75, 3.05) is 13.2 Å². The van der Waals surface area contributed by atoms with E-state index in [-0.39, 0.29) is 13.2 Å². The Morgan fingerprint density at radius 1 is 1.36 bits per heavy atom.